The average Bonchev–Trinajstić information content (AvgIpc) is 3.06. The first-order valence-corrected chi connectivity index (χ1v) is 17.2. The SMILES string of the molecule is C[SiH]=[Zr+2]([CH]1C(C)=Cc2ccccc21)[CH]1C(C)=Cc2ccccc21.[Cl-].[Cl-]. The van der Waals surface area contributed by atoms with Crippen molar-refractivity contribution in [3.05, 3.63) is 81.9 Å². The van der Waals surface area contributed by atoms with Crippen LogP contribution in [0.3, 0.4) is 0 Å². The monoisotopic (exact) mass is 462 g/mol. The van der Waals surface area contributed by atoms with E-state index in [0.29, 0.717) is 6.16 Å². The van der Waals surface area contributed by atoms with Crippen molar-refractivity contribution in [3.63, 3.8) is 0 Å². The van der Waals surface area contributed by atoms with Gasteiger partial charge >= 0.3 is 148 Å². The van der Waals surface area contributed by atoms with Crippen molar-refractivity contribution in [2.45, 2.75) is 27.6 Å². The Morgan fingerprint density at radius 1 is 0.720 bits per heavy atom. The normalized spacial score (nSPS) is 19.3. The van der Waals surface area contributed by atoms with Crippen LogP contribution >= 0.6 is 0 Å². The maximum absolute atomic E-state index is 2.52. The van der Waals surface area contributed by atoms with Crippen LogP contribution in [0.1, 0.15) is 43.4 Å². The summed E-state index contributed by atoms with van der Waals surface area (Å²) >= 11 is -1.66. The quantitative estimate of drug-likeness (QED) is 0.518. The van der Waals surface area contributed by atoms with Gasteiger partial charge in [0.15, 0.2) is 0 Å². The van der Waals surface area contributed by atoms with Crippen molar-refractivity contribution in [3.8, 4) is 0 Å². The molecule has 0 spiro atoms. The van der Waals surface area contributed by atoms with Gasteiger partial charge in [-0.1, -0.05) is 0 Å². The van der Waals surface area contributed by atoms with Crippen LogP contribution in [0, 0.1) is 0 Å². The molecule has 4 rings (SSSR count). The van der Waals surface area contributed by atoms with Gasteiger partial charge < -0.3 is 24.8 Å². The zero-order valence-corrected chi connectivity index (χ0v) is 19.9. The molecule has 2 atom stereocenters. The minimum atomic E-state index is -1.66. The van der Waals surface area contributed by atoms with E-state index in [1.165, 1.54) is 11.1 Å². The molecule has 0 nitrogen and oxygen atoms in total. The number of rotatable bonds is 2. The molecule has 2 unspecified atom stereocenters. The summed E-state index contributed by atoms with van der Waals surface area (Å²) in [5.41, 5.74) is 9.49. The Kier molecular flexibility index (Phi) is 7.13. The predicted molar refractivity (Wildman–Crippen MR) is 98.7 cm³/mol. The van der Waals surface area contributed by atoms with Crippen LogP contribution in [0.25, 0.3) is 12.2 Å². The molecule has 0 bridgehead atoms. The number of halogens is 2. The summed E-state index contributed by atoms with van der Waals surface area (Å²) in [7, 11) is 0. The summed E-state index contributed by atoms with van der Waals surface area (Å²) in [6.45, 7) is 7.28. The molecule has 0 fully saturated rings. The average molecular weight is 465 g/mol. The minimum absolute atomic E-state index is 0. The molecule has 0 saturated carbocycles. The van der Waals surface area contributed by atoms with Crippen molar-refractivity contribution in [1.29, 1.82) is 0 Å². The minimum Gasteiger partial charge on any atom is -1.00 e. The van der Waals surface area contributed by atoms with Crippen LogP contribution in [0.2, 0.25) is 6.55 Å². The van der Waals surface area contributed by atoms with E-state index in [9.17, 15) is 0 Å². The molecule has 0 saturated heterocycles. The van der Waals surface area contributed by atoms with Crippen LogP contribution in [-0.2, 0) is 20.4 Å². The van der Waals surface area contributed by atoms with E-state index < -0.39 is 20.4 Å². The first kappa shape index (κ1) is 20.9. The molecule has 0 heterocycles. The van der Waals surface area contributed by atoms with Gasteiger partial charge in [-0.25, -0.2) is 0 Å². The fourth-order valence-electron chi connectivity index (χ4n) is 4.34. The van der Waals surface area contributed by atoms with Crippen LogP contribution in [0.5, 0.6) is 0 Å². The molecule has 2 aromatic rings. The van der Waals surface area contributed by atoms with Gasteiger partial charge in [0, 0.05) is 0 Å². The molecule has 2 aromatic carbocycles. The predicted octanol–water partition coefficient (Wildman–Crippen LogP) is -0.671. The summed E-state index contributed by atoms with van der Waals surface area (Å²) in [4.78, 5) is 0. The standard InChI is InChI=1S/2C10H9.CH4Si.2ClH.Zr/c2*1-8-6-9-4-2-3-5-10(9)7-8;1-2;;;/h2*2-7H,1H3;2H,1H3;2*1H;/q;;;;;+2/p-2. The molecule has 0 N–H and O–H groups in total. The van der Waals surface area contributed by atoms with Crippen LogP contribution in [0.15, 0.2) is 59.7 Å². The Bertz CT molecular complexity index is 813. The first-order chi connectivity index (χ1) is 11.2. The van der Waals surface area contributed by atoms with Crippen LogP contribution in [-0.4, -0.2) is 6.16 Å². The summed E-state index contributed by atoms with van der Waals surface area (Å²) in [5, 5.41) is 0. The van der Waals surface area contributed by atoms with Crippen molar-refractivity contribution in [2.75, 3.05) is 0 Å². The first-order valence-electron chi connectivity index (χ1n) is 8.41. The number of benzene rings is 2. The molecule has 0 radical (unpaired) electrons. The Balaban J connectivity index is 0.00000113. The summed E-state index contributed by atoms with van der Waals surface area (Å²) in [6.07, 6.45) is 5.49. The summed E-state index contributed by atoms with van der Waals surface area (Å²) in [5.74, 6) is 0. The smallest absolute Gasteiger partial charge is 1.00 e. The number of fused-ring (bicyclic) bond motifs is 2. The van der Waals surface area contributed by atoms with Gasteiger partial charge in [-0.15, -0.1) is 0 Å². The zero-order valence-electron chi connectivity index (χ0n) is 14.8. The number of hydrogen-bond donors (Lipinski definition) is 0. The molecule has 2 aliphatic rings. The van der Waals surface area contributed by atoms with E-state index in [1.54, 1.807) is 22.3 Å². The van der Waals surface area contributed by atoms with Gasteiger partial charge in [0.25, 0.3) is 0 Å². The van der Waals surface area contributed by atoms with Crippen molar-refractivity contribution in [2.24, 2.45) is 0 Å². The van der Waals surface area contributed by atoms with Crippen LogP contribution < -0.4 is 24.8 Å². The third-order valence-electron chi connectivity index (χ3n) is 5.29. The van der Waals surface area contributed by atoms with Crippen molar-refractivity contribution >= 4 is 18.3 Å². The zero-order chi connectivity index (χ0) is 16.0. The number of hydrogen-bond acceptors (Lipinski definition) is 0. The van der Waals surface area contributed by atoms with Gasteiger partial charge in [0.2, 0.25) is 0 Å². The molecule has 0 amide bonds. The molecular weight excluding hydrogens is 442 g/mol. The third-order valence-corrected chi connectivity index (χ3v) is 21.9. The second-order valence-electron chi connectivity index (χ2n) is 6.69. The maximum atomic E-state index is 2.52. The molecule has 4 heteroatoms. The fraction of sp³-hybridized carbons (Fsp3) is 0.238. The number of allylic oxidation sites excluding steroid dienone is 2. The molecule has 25 heavy (non-hydrogen) atoms. The maximum Gasteiger partial charge on any atom is -1.00 e. The Hall–Kier alpha value is -0.400. The van der Waals surface area contributed by atoms with E-state index in [1.807, 2.05) is 0 Å². The van der Waals surface area contributed by atoms with E-state index in [-0.39, 0.29) is 24.8 Å². The van der Waals surface area contributed by atoms with Gasteiger partial charge in [-0.2, -0.15) is 0 Å². The molecular formula is C21H22Cl2SiZr. The second-order valence-corrected chi connectivity index (χ2v) is 20.8. The Labute approximate surface area is 172 Å². The van der Waals surface area contributed by atoms with Crippen LogP contribution in [0.4, 0.5) is 0 Å². The van der Waals surface area contributed by atoms with E-state index in [0.717, 1.165) is 7.25 Å². The second kappa shape index (κ2) is 8.53. The molecule has 0 aliphatic heterocycles. The van der Waals surface area contributed by atoms with E-state index in [2.05, 4.69) is 81.1 Å². The molecule has 128 valence electrons. The fourth-order valence-corrected chi connectivity index (χ4v) is 22.0. The molecule has 0 aromatic heterocycles. The molecule has 2 aliphatic carbocycles. The largest absolute Gasteiger partial charge is 1.00 e. The third kappa shape index (κ3) is 3.56. The Morgan fingerprint density at radius 2 is 1.12 bits per heavy atom. The van der Waals surface area contributed by atoms with Crippen molar-refractivity contribution in [1.82, 2.24) is 0 Å². The topological polar surface area (TPSA) is 0 Å². The van der Waals surface area contributed by atoms with Gasteiger partial charge in [0.05, 0.1) is 0 Å². The summed E-state index contributed by atoms with van der Waals surface area (Å²) in [6, 6.07) is 18.2. The van der Waals surface area contributed by atoms with Crippen molar-refractivity contribution < 1.29 is 45.2 Å². The van der Waals surface area contributed by atoms with E-state index in [4.69, 9.17) is 0 Å². The Morgan fingerprint density at radius 3 is 1.52 bits per heavy atom. The van der Waals surface area contributed by atoms with Gasteiger partial charge in [0.1, 0.15) is 0 Å². The van der Waals surface area contributed by atoms with Gasteiger partial charge in [-0.05, 0) is 0 Å². The summed E-state index contributed by atoms with van der Waals surface area (Å²) < 4.78 is 1.57. The van der Waals surface area contributed by atoms with E-state index >= 15 is 0 Å². The van der Waals surface area contributed by atoms with Gasteiger partial charge in [-0.3, -0.25) is 0 Å².